The smallest absolute Gasteiger partial charge is 0.391 e. The van der Waals surface area contributed by atoms with Crippen LogP contribution < -0.4 is 5.32 Å². The lowest BCUT2D eigenvalue weighted by Crippen LogP contribution is -2.46. The van der Waals surface area contributed by atoms with E-state index in [0.29, 0.717) is 23.9 Å². The van der Waals surface area contributed by atoms with Crippen LogP contribution in [0.2, 0.25) is 0 Å². The number of aliphatic hydroxyl groups excluding tert-OH is 1. The Morgan fingerprint density at radius 3 is 1.08 bits per heavy atom. The monoisotopic (exact) mass is 902 g/mol. The zero-order valence-electron chi connectivity index (χ0n) is 42.4. The first-order chi connectivity index (χ1) is 30.0. The van der Waals surface area contributed by atoms with E-state index in [1.165, 1.54) is 218 Å². The SMILES string of the molecule is CCCCCCCCCCCCCCCCCCCCCCCCCCC(=O)NC(COP(=O)(O)OCC[N+](C)(C)C)C(O)CCCCCCCCCCCCCCCCCC. The molecule has 0 rings (SSSR count). The molecule has 0 radical (unpaired) electrons. The van der Waals surface area contributed by atoms with E-state index < -0.39 is 20.0 Å². The van der Waals surface area contributed by atoms with E-state index in [0.717, 1.165) is 38.5 Å². The van der Waals surface area contributed by atoms with Crippen LogP contribution in [-0.4, -0.2) is 73.4 Å². The number of phosphoric acid groups is 1. The van der Waals surface area contributed by atoms with E-state index in [-0.39, 0.29) is 19.1 Å². The van der Waals surface area contributed by atoms with Crippen LogP contribution in [0, 0.1) is 0 Å². The van der Waals surface area contributed by atoms with Crippen molar-refractivity contribution in [3.63, 3.8) is 0 Å². The van der Waals surface area contributed by atoms with Crippen molar-refractivity contribution in [2.75, 3.05) is 40.9 Å². The van der Waals surface area contributed by atoms with Gasteiger partial charge in [-0.1, -0.05) is 264 Å². The number of nitrogens with one attached hydrogen (secondary N) is 1. The lowest BCUT2D eigenvalue weighted by Gasteiger charge is -2.26. The molecule has 0 heterocycles. The highest BCUT2D eigenvalue weighted by Gasteiger charge is 2.28. The molecule has 3 unspecified atom stereocenters. The van der Waals surface area contributed by atoms with Gasteiger partial charge in [-0.25, -0.2) is 4.57 Å². The fourth-order valence-corrected chi connectivity index (χ4v) is 9.26. The average molecular weight is 902 g/mol. The number of unbranched alkanes of at least 4 members (excludes halogenated alkanes) is 38. The Morgan fingerprint density at radius 1 is 0.484 bits per heavy atom. The van der Waals surface area contributed by atoms with Crippen molar-refractivity contribution in [1.82, 2.24) is 5.32 Å². The molecular weight excluding hydrogens is 792 g/mol. The summed E-state index contributed by atoms with van der Waals surface area (Å²) < 4.78 is 23.7. The third-order valence-corrected chi connectivity index (χ3v) is 13.8. The van der Waals surface area contributed by atoms with Gasteiger partial charge in [0.25, 0.3) is 0 Å². The van der Waals surface area contributed by atoms with E-state index in [1.54, 1.807) is 0 Å². The fourth-order valence-electron chi connectivity index (χ4n) is 8.52. The van der Waals surface area contributed by atoms with E-state index in [4.69, 9.17) is 9.05 Å². The Morgan fingerprint density at radius 2 is 0.774 bits per heavy atom. The molecule has 1 amide bonds. The predicted molar refractivity (Wildman–Crippen MR) is 268 cm³/mol. The van der Waals surface area contributed by atoms with Crippen LogP contribution in [0.15, 0.2) is 0 Å². The number of quaternary nitrogens is 1. The molecule has 372 valence electrons. The van der Waals surface area contributed by atoms with Gasteiger partial charge in [0, 0.05) is 6.42 Å². The molecule has 0 spiro atoms. The predicted octanol–water partition coefficient (Wildman–Crippen LogP) is 16.1. The number of rotatable bonds is 51. The first kappa shape index (κ1) is 61.5. The summed E-state index contributed by atoms with van der Waals surface area (Å²) in [4.78, 5) is 23.3. The van der Waals surface area contributed by atoms with Crippen molar-refractivity contribution >= 4 is 13.7 Å². The summed E-state index contributed by atoms with van der Waals surface area (Å²) in [6.45, 7) is 4.94. The summed E-state index contributed by atoms with van der Waals surface area (Å²) in [5.41, 5.74) is 0. The van der Waals surface area contributed by atoms with Crippen LogP contribution >= 0.6 is 7.82 Å². The lowest BCUT2D eigenvalue weighted by atomic mass is 10.0. The quantitative estimate of drug-likeness (QED) is 0.0319. The Hall–Kier alpha value is -0.500. The zero-order chi connectivity index (χ0) is 45.7. The number of hydrogen-bond acceptors (Lipinski definition) is 5. The summed E-state index contributed by atoms with van der Waals surface area (Å²) in [5.74, 6) is -0.137. The molecule has 3 atom stereocenters. The van der Waals surface area contributed by atoms with Crippen molar-refractivity contribution in [3.8, 4) is 0 Å². The minimum atomic E-state index is -4.31. The summed E-state index contributed by atoms with van der Waals surface area (Å²) in [5, 5.41) is 14.0. The lowest BCUT2D eigenvalue weighted by molar-refractivity contribution is -0.870. The van der Waals surface area contributed by atoms with Crippen molar-refractivity contribution < 1.29 is 32.9 Å². The Balaban J connectivity index is 4.13. The molecule has 0 aromatic rings. The number of amides is 1. The number of hydrogen-bond donors (Lipinski definition) is 3. The van der Waals surface area contributed by atoms with Crippen LogP contribution in [0.4, 0.5) is 0 Å². The number of carbonyl (C=O) groups excluding carboxylic acids is 1. The summed E-state index contributed by atoms with van der Waals surface area (Å²) >= 11 is 0. The molecule has 8 nitrogen and oxygen atoms in total. The van der Waals surface area contributed by atoms with Crippen LogP contribution in [0.1, 0.15) is 284 Å². The second kappa shape index (κ2) is 45.6. The molecule has 9 heteroatoms. The Bertz CT molecular complexity index is 978. The summed E-state index contributed by atoms with van der Waals surface area (Å²) in [6.07, 6.45) is 52.9. The van der Waals surface area contributed by atoms with E-state index in [1.807, 2.05) is 21.1 Å². The van der Waals surface area contributed by atoms with Gasteiger partial charge >= 0.3 is 7.82 Å². The normalized spacial score (nSPS) is 14.0. The molecule has 0 fully saturated rings. The molecule has 62 heavy (non-hydrogen) atoms. The number of likely N-dealkylation sites (N-methyl/N-ethyl adjacent to an activating group) is 1. The van der Waals surface area contributed by atoms with Gasteiger partial charge in [0.1, 0.15) is 13.2 Å². The topological polar surface area (TPSA) is 105 Å². The second-order valence-electron chi connectivity index (χ2n) is 20.3. The zero-order valence-corrected chi connectivity index (χ0v) is 43.3. The minimum Gasteiger partial charge on any atom is -0.391 e. The maximum absolute atomic E-state index is 13.0. The molecule has 0 saturated heterocycles. The third kappa shape index (κ3) is 47.5. The first-order valence-electron chi connectivity index (χ1n) is 27.4. The molecule has 0 bridgehead atoms. The van der Waals surface area contributed by atoms with E-state index in [9.17, 15) is 19.4 Å². The van der Waals surface area contributed by atoms with Crippen LogP contribution in [0.5, 0.6) is 0 Å². The number of nitrogens with zero attached hydrogens (tertiary/aromatic N) is 1. The average Bonchev–Trinajstić information content (AvgIpc) is 3.23. The molecule has 0 aliphatic carbocycles. The highest BCUT2D eigenvalue weighted by molar-refractivity contribution is 7.47. The van der Waals surface area contributed by atoms with Gasteiger partial charge in [-0.05, 0) is 12.8 Å². The number of carbonyl (C=O) groups is 1. The summed E-state index contributed by atoms with van der Waals surface area (Å²) in [6, 6.07) is -0.754. The van der Waals surface area contributed by atoms with Gasteiger partial charge < -0.3 is 19.8 Å². The number of aliphatic hydroxyl groups is 1. The van der Waals surface area contributed by atoms with Crippen LogP contribution in [0.25, 0.3) is 0 Å². The van der Waals surface area contributed by atoms with E-state index >= 15 is 0 Å². The maximum Gasteiger partial charge on any atom is 0.472 e. The van der Waals surface area contributed by atoms with Gasteiger partial charge in [0.15, 0.2) is 0 Å². The van der Waals surface area contributed by atoms with Gasteiger partial charge in [0.05, 0.1) is 39.9 Å². The highest BCUT2D eigenvalue weighted by Crippen LogP contribution is 2.43. The Labute approximate surface area is 387 Å². The van der Waals surface area contributed by atoms with E-state index in [2.05, 4.69) is 19.2 Å². The van der Waals surface area contributed by atoms with Crippen LogP contribution in [-0.2, 0) is 18.4 Å². The first-order valence-corrected chi connectivity index (χ1v) is 28.9. The standard InChI is InChI=1S/C53H109N2O6P/c1-6-8-10-12-14-16-18-20-22-24-25-26-27-28-29-30-31-33-35-37-39-41-43-45-47-53(57)54-51(50-61-62(58,59)60-49-48-55(3,4)5)52(56)46-44-42-40-38-36-34-32-23-21-19-17-15-13-11-9-7-2/h51-52,56H,6-50H2,1-5H3,(H-,54,57,58,59)/p+1. The molecule has 0 aliphatic rings. The third-order valence-electron chi connectivity index (χ3n) is 12.9. The van der Waals surface area contributed by atoms with Crippen molar-refractivity contribution in [1.29, 1.82) is 0 Å². The fraction of sp³-hybridized carbons (Fsp3) is 0.981. The number of phosphoric ester groups is 1. The molecular formula is C53H110N2O6P+. The Kier molecular flexibility index (Phi) is 45.3. The van der Waals surface area contributed by atoms with Crippen molar-refractivity contribution in [2.45, 2.75) is 296 Å². The molecule has 0 aromatic heterocycles. The second-order valence-corrected chi connectivity index (χ2v) is 21.8. The molecule has 0 saturated carbocycles. The summed E-state index contributed by atoms with van der Waals surface area (Å²) in [7, 11) is 1.63. The molecule has 0 aromatic carbocycles. The molecule has 3 N–H and O–H groups in total. The van der Waals surface area contributed by atoms with Gasteiger partial charge in [0.2, 0.25) is 5.91 Å². The minimum absolute atomic E-state index is 0.0790. The highest BCUT2D eigenvalue weighted by atomic mass is 31.2. The van der Waals surface area contributed by atoms with Gasteiger partial charge in [-0.2, -0.15) is 0 Å². The van der Waals surface area contributed by atoms with Crippen molar-refractivity contribution in [2.24, 2.45) is 0 Å². The van der Waals surface area contributed by atoms with Gasteiger partial charge in [-0.3, -0.25) is 13.8 Å². The molecule has 0 aliphatic heterocycles. The van der Waals surface area contributed by atoms with Gasteiger partial charge in [-0.15, -0.1) is 0 Å². The van der Waals surface area contributed by atoms with Crippen molar-refractivity contribution in [3.05, 3.63) is 0 Å². The largest absolute Gasteiger partial charge is 0.472 e. The van der Waals surface area contributed by atoms with Crippen LogP contribution in [0.3, 0.4) is 0 Å². The maximum atomic E-state index is 13.0.